The second kappa shape index (κ2) is 6.57. The highest BCUT2D eigenvalue weighted by molar-refractivity contribution is 7.89. The van der Waals surface area contributed by atoms with Crippen molar-refractivity contribution in [3.05, 3.63) is 30.0 Å². The van der Waals surface area contributed by atoms with Crippen LogP contribution in [0, 0.1) is 5.92 Å². The van der Waals surface area contributed by atoms with Gasteiger partial charge in [0.1, 0.15) is 5.58 Å². The zero-order valence-corrected chi connectivity index (χ0v) is 14.7. The average Bonchev–Trinajstić information content (AvgIpc) is 2.98. The fourth-order valence-corrected chi connectivity index (χ4v) is 4.42. The number of hydrogen-bond donors (Lipinski definition) is 1. The maximum atomic E-state index is 12.8. The first kappa shape index (κ1) is 17.0. The van der Waals surface area contributed by atoms with E-state index in [1.807, 2.05) is 6.92 Å². The van der Waals surface area contributed by atoms with E-state index in [4.69, 9.17) is 4.42 Å². The zero-order valence-electron chi connectivity index (χ0n) is 13.9. The minimum absolute atomic E-state index is 0.188. The van der Waals surface area contributed by atoms with Crippen molar-refractivity contribution in [2.75, 3.05) is 19.6 Å². The van der Waals surface area contributed by atoms with Gasteiger partial charge < -0.3 is 9.73 Å². The molecular formula is C17H22N2O4S. The number of nitrogens with zero attached hydrogens (tertiary/aromatic N) is 1. The van der Waals surface area contributed by atoms with E-state index in [-0.39, 0.29) is 16.6 Å². The van der Waals surface area contributed by atoms with Crippen LogP contribution in [0.1, 0.15) is 37.2 Å². The van der Waals surface area contributed by atoms with E-state index in [0.717, 1.165) is 12.8 Å². The zero-order chi connectivity index (χ0) is 17.3. The Bertz CT molecular complexity index is 849. The number of sulfonamides is 1. The van der Waals surface area contributed by atoms with Crippen LogP contribution in [0.5, 0.6) is 0 Å². The van der Waals surface area contributed by atoms with E-state index in [2.05, 4.69) is 12.2 Å². The third-order valence-corrected chi connectivity index (χ3v) is 6.32. The molecule has 0 bridgehead atoms. The van der Waals surface area contributed by atoms with Crippen molar-refractivity contribution in [3.63, 3.8) is 0 Å². The Hall–Kier alpha value is -1.86. The number of furan rings is 1. The van der Waals surface area contributed by atoms with Gasteiger partial charge in [0.25, 0.3) is 5.91 Å². The summed E-state index contributed by atoms with van der Waals surface area (Å²) in [6.45, 7) is 5.58. The Kier molecular flexibility index (Phi) is 4.64. The minimum Gasteiger partial charge on any atom is -0.451 e. The van der Waals surface area contributed by atoms with Crippen molar-refractivity contribution in [1.82, 2.24) is 9.62 Å². The van der Waals surface area contributed by atoms with Gasteiger partial charge in [-0.3, -0.25) is 4.79 Å². The first-order chi connectivity index (χ1) is 11.4. The van der Waals surface area contributed by atoms with Crippen LogP contribution in [-0.4, -0.2) is 38.3 Å². The Morgan fingerprint density at radius 2 is 2.00 bits per heavy atom. The largest absolute Gasteiger partial charge is 0.451 e. The second-order valence-electron chi connectivity index (χ2n) is 6.26. The summed E-state index contributed by atoms with van der Waals surface area (Å²) in [7, 11) is -3.51. The van der Waals surface area contributed by atoms with Crippen molar-refractivity contribution in [2.45, 2.75) is 31.6 Å². The summed E-state index contributed by atoms with van der Waals surface area (Å²) in [5.74, 6) is 0.448. The highest BCUT2D eigenvalue weighted by atomic mass is 32.2. The molecule has 0 saturated carbocycles. The number of hydrogen-bond acceptors (Lipinski definition) is 4. The number of nitrogens with one attached hydrogen (secondary N) is 1. The maximum Gasteiger partial charge on any atom is 0.287 e. The number of fused-ring (bicyclic) bond motifs is 1. The standard InChI is InChI=1S/C17H22N2O4S/c1-3-18-17(20)16-11-13-10-14(4-5-15(13)23-16)24(21,22)19-8-6-12(2)7-9-19/h4-5,10-12H,3,6-9H2,1-2H3,(H,18,20). The van der Waals surface area contributed by atoms with Gasteiger partial charge in [-0.2, -0.15) is 4.31 Å². The SMILES string of the molecule is CCNC(=O)c1cc2cc(S(=O)(=O)N3CCC(C)CC3)ccc2o1. The molecule has 1 saturated heterocycles. The number of carbonyl (C=O) groups is 1. The van der Waals surface area contributed by atoms with Gasteiger partial charge in [-0.15, -0.1) is 0 Å². The highest BCUT2D eigenvalue weighted by Gasteiger charge is 2.28. The smallest absolute Gasteiger partial charge is 0.287 e. The molecule has 1 aliphatic heterocycles. The van der Waals surface area contributed by atoms with Crippen LogP contribution in [0.15, 0.2) is 33.6 Å². The van der Waals surface area contributed by atoms with Crippen molar-refractivity contribution in [1.29, 1.82) is 0 Å². The first-order valence-electron chi connectivity index (χ1n) is 8.23. The van der Waals surface area contributed by atoms with E-state index in [9.17, 15) is 13.2 Å². The Balaban J connectivity index is 1.91. The number of carbonyl (C=O) groups excluding carboxylic acids is 1. The molecule has 1 N–H and O–H groups in total. The summed E-state index contributed by atoms with van der Waals surface area (Å²) in [5.41, 5.74) is 0.502. The summed E-state index contributed by atoms with van der Waals surface area (Å²) in [6.07, 6.45) is 1.77. The van der Waals surface area contributed by atoms with Gasteiger partial charge in [-0.25, -0.2) is 8.42 Å². The maximum absolute atomic E-state index is 12.8. The van der Waals surface area contributed by atoms with Crippen LogP contribution < -0.4 is 5.32 Å². The van der Waals surface area contributed by atoms with Crippen LogP contribution in [0.2, 0.25) is 0 Å². The average molecular weight is 350 g/mol. The normalized spacial score (nSPS) is 17.2. The molecule has 1 aliphatic rings. The molecule has 0 spiro atoms. The summed E-state index contributed by atoms with van der Waals surface area (Å²) in [6, 6.07) is 6.31. The molecule has 1 fully saturated rings. The molecule has 3 rings (SSSR count). The van der Waals surface area contributed by atoms with Crippen LogP contribution in [0.4, 0.5) is 0 Å². The molecule has 2 aromatic rings. The second-order valence-corrected chi connectivity index (χ2v) is 8.19. The molecule has 1 aromatic carbocycles. The lowest BCUT2D eigenvalue weighted by Crippen LogP contribution is -2.37. The minimum atomic E-state index is -3.51. The molecular weight excluding hydrogens is 328 g/mol. The summed E-state index contributed by atoms with van der Waals surface area (Å²) in [5, 5.41) is 3.28. The molecule has 0 atom stereocenters. The molecule has 1 aromatic heterocycles. The molecule has 6 nitrogen and oxygen atoms in total. The van der Waals surface area contributed by atoms with E-state index >= 15 is 0 Å². The third kappa shape index (κ3) is 3.18. The summed E-state index contributed by atoms with van der Waals surface area (Å²) < 4.78 is 32.6. The van der Waals surface area contributed by atoms with Gasteiger partial charge >= 0.3 is 0 Å². The molecule has 1 amide bonds. The monoisotopic (exact) mass is 350 g/mol. The lowest BCUT2D eigenvalue weighted by Gasteiger charge is -2.29. The van der Waals surface area contributed by atoms with Crippen molar-refractivity contribution in [3.8, 4) is 0 Å². The fraction of sp³-hybridized carbons (Fsp3) is 0.471. The fourth-order valence-electron chi connectivity index (χ4n) is 2.92. The number of piperidine rings is 1. The molecule has 130 valence electrons. The molecule has 0 aliphatic carbocycles. The topological polar surface area (TPSA) is 79.6 Å². The van der Waals surface area contributed by atoms with E-state index in [0.29, 0.717) is 36.5 Å². The molecule has 0 unspecified atom stereocenters. The number of rotatable bonds is 4. The van der Waals surface area contributed by atoms with E-state index in [1.54, 1.807) is 28.6 Å². The van der Waals surface area contributed by atoms with Gasteiger partial charge in [0, 0.05) is 25.0 Å². The van der Waals surface area contributed by atoms with Gasteiger partial charge in [-0.1, -0.05) is 6.92 Å². The van der Waals surface area contributed by atoms with Crippen LogP contribution in [0.3, 0.4) is 0 Å². The van der Waals surface area contributed by atoms with Crippen LogP contribution in [0.25, 0.3) is 11.0 Å². The number of amides is 1. The van der Waals surface area contributed by atoms with Crippen molar-refractivity contribution in [2.24, 2.45) is 5.92 Å². The van der Waals surface area contributed by atoms with Crippen LogP contribution in [-0.2, 0) is 10.0 Å². The first-order valence-corrected chi connectivity index (χ1v) is 9.67. The predicted molar refractivity (Wildman–Crippen MR) is 91.4 cm³/mol. The molecule has 2 heterocycles. The van der Waals surface area contributed by atoms with Crippen molar-refractivity contribution >= 4 is 26.9 Å². The lowest BCUT2D eigenvalue weighted by molar-refractivity contribution is 0.0930. The third-order valence-electron chi connectivity index (χ3n) is 4.43. The molecule has 24 heavy (non-hydrogen) atoms. The Morgan fingerprint density at radius 3 is 2.67 bits per heavy atom. The molecule has 7 heteroatoms. The summed E-state index contributed by atoms with van der Waals surface area (Å²) >= 11 is 0. The highest BCUT2D eigenvalue weighted by Crippen LogP contribution is 2.27. The van der Waals surface area contributed by atoms with Gasteiger partial charge in [0.2, 0.25) is 10.0 Å². The van der Waals surface area contributed by atoms with Gasteiger partial charge in [0.15, 0.2) is 5.76 Å². The summed E-state index contributed by atoms with van der Waals surface area (Å²) in [4.78, 5) is 12.1. The lowest BCUT2D eigenvalue weighted by atomic mass is 10.0. The molecule has 0 radical (unpaired) electrons. The van der Waals surface area contributed by atoms with Gasteiger partial charge in [0.05, 0.1) is 4.90 Å². The Morgan fingerprint density at radius 1 is 1.29 bits per heavy atom. The predicted octanol–water partition coefficient (Wildman–Crippen LogP) is 2.60. The van der Waals surface area contributed by atoms with E-state index < -0.39 is 10.0 Å². The Labute approximate surface area is 141 Å². The van der Waals surface area contributed by atoms with Gasteiger partial charge in [-0.05, 0) is 49.9 Å². The number of benzene rings is 1. The van der Waals surface area contributed by atoms with Crippen molar-refractivity contribution < 1.29 is 17.6 Å². The van der Waals surface area contributed by atoms with Crippen LogP contribution >= 0.6 is 0 Å². The van der Waals surface area contributed by atoms with E-state index in [1.165, 1.54) is 0 Å². The quantitative estimate of drug-likeness (QED) is 0.919.